The summed E-state index contributed by atoms with van der Waals surface area (Å²) in [6.45, 7) is 3.39. The molecule has 0 aromatic carbocycles. The third-order valence-corrected chi connectivity index (χ3v) is 2.35. The molecule has 0 aliphatic rings. The smallest absolute Gasteiger partial charge is 0.404 e. The normalized spacial score (nSPS) is 13.9. The molecule has 0 spiro atoms. The maximum Gasteiger partial charge on any atom is 0.433 e. The molecule has 15 heavy (non-hydrogen) atoms. The van der Waals surface area contributed by atoms with Crippen molar-refractivity contribution < 1.29 is 14.4 Å². The molecule has 84 valence electrons. The monoisotopic (exact) mass is 214 g/mol. The summed E-state index contributed by atoms with van der Waals surface area (Å²) >= 11 is 0. The average molecular weight is 214 g/mol. The number of rotatable bonds is 4. The maximum absolute atomic E-state index is 10.4. The number of aliphatic hydroxyl groups is 1. The lowest BCUT2D eigenvalue weighted by atomic mass is 9.84. The number of aliphatic hydroxyl groups excluding tert-OH is 1. The lowest BCUT2D eigenvalue weighted by Crippen LogP contribution is -2.32. The lowest BCUT2D eigenvalue weighted by Gasteiger charge is -2.27. The van der Waals surface area contributed by atoms with Gasteiger partial charge in [-0.25, -0.2) is 0 Å². The van der Waals surface area contributed by atoms with Crippen molar-refractivity contribution in [3.05, 3.63) is 28.0 Å². The number of nitro groups is 1. The standard InChI is InChI=1S/C9H14N2O4/c1-9(2,5-12)8(10)6-3-4-7(15-6)11(13)14/h3-4,8,12H,5,10H2,1-2H3/t8-/m0/s1. The van der Waals surface area contributed by atoms with Gasteiger partial charge in [0.15, 0.2) is 0 Å². The van der Waals surface area contributed by atoms with Crippen molar-refractivity contribution in [2.75, 3.05) is 6.61 Å². The molecule has 3 N–H and O–H groups in total. The molecular weight excluding hydrogens is 200 g/mol. The molecule has 0 saturated heterocycles. The first kappa shape index (κ1) is 11.7. The highest BCUT2D eigenvalue weighted by molar-refractivity contribution is 5.20. The van der Waals surface area contributed by atoms with Crippen molar-refractivity contribution in [2.24, 2.45) is 11.1 Å². The van der Waals surface area contributed by atoms with Crippen LogP contribution in [0.5, 0.6) is 0 Å². The zero-order valence-electron chi connectivity index (χ0n) is 8.64. The molecule has 1 aromatic heterocycles. The summed E-state index contributed by atoms with van der Waals surface area (Å²) in [6, 6.07) is 2.14. The Morgan fingerprint density at radius 3 is 2.67 bits per heavy atom. The van der Waals surface area contributed by atoms with E-state index in [1.165, 1.54) is 12.1 Å². The van der Waals surface area contributed by atoms with E-state index in [-0.39, 0.29) is 12.5 Å². The van der Waals surface area contributed by atoms with Crippen LogP contribution in [0.25, 0.3) is 0 Å². The molecular formula is C9H14N2O4. The fraction of sp³-hybridized carbons (Fsp3) is 0.556. The third kappa shape index (κ3) is 2.34. The van der Waals surface area contributed by atoms with Crippen molar-refractivity contribution in [1.29, 1.82) is 0 Å². The molecule has 0 radical (unpaired) electrons. The summed E-state index contributed by atoms with van der Waals surface area (Å²) < 4.78 is 4.96. The summed E-state index contributed by atoms with van der Waals surface area (Å²) in [4.78, 5) is 9.75. The fourth-order valence-corrected chi connectivity index (χ4v) is 1.09. The van der Waals surface area contributed by atoms with Gasteiger partial charge in [0.05, 0.1) is 18.7 Å². The van der Waals surface area contributed by atoms with E-state index in [0.717, 1.165) is 0 Å². The van der Waals surface area contributed by atoms with Crippen LogP contribution in [0.3, 0.4) is 0 Å². The zero-order valence-corrected chi connectivity index (χ0v) is 8.64. The van der Waals surface area contributed by atoms with Crippen LogP contribution in [-0.4, -0.2) is 16.6 Å². The van der Waals surface area contributed by atoms with Crippen LogP contribution in [0.2, 0.25) is 0 Å². The predicted octanol–water partition coefficient (Wildman–Crippen LogP) is 1.21. The summed E-state index contributed by atoms with van der Waals surface area (Å²) in [5, 5.41) is 19.5. The third-order valence-electron chi connectivity index (χ3n) is 2.35. The highest BCUT2D eigenvalue weighted by Crippen LogP contribution is 2.32. The molecule has 0 aliphatic heterocycles. The van der Waals surface area contributed by atoms with Crippen LogP contribution in [0.15, 0.2) is 16.5 Å². The number of hydrogen-bond donors (Lipinski definition) is 2. The Morgan fingerprint density at radius 1 is 1.67 bits per heavy atom. The molecule has 0 amide bonds. The molecule has 1 heterocycles. The predicted molar refractivity (Wildman–Crippen MR) is 53.2 cm³/mol. The van der Waals surface area contributed by atoms with Gasteiger partial charge in [0.2, 0.25) is 0 Å². The van der Waals surface area contributed by atoms with Crippen LogP contribution < -0.4 is 5.73 Å². The number of furan rings is 1. The molecule has 1 rings (SSSR count). The average Bonchev–Trinajstić information content (AvgIpc) is 2.65. The van der Waals surface area contributed by atoms with E-state index < -0.39 is 16.4 Å². The first-order valence-corrected chi connectivity index (χ1v) is 4.49. The van der Waals surface area contributed by atoms with Gasteiger partial charge in [-0.2, -0.15) is 0 Å². The summed E-state index contributed by atoms with van der Waals surface area (Å²) in [5.41, 5.74) is 5.24. The van der Waals surface area contributed by atoms with Gasteiger partial charge in [0.25, 0.3) is 0 Å². The van der Waals surface area contributed by atoms with Crippen LogP contribution in [-0.2, 0) is 0 Å². The van der Waals surface area contributed by atoms with E-state index in [0.29, 0.717) is 5.76 Å². The highest BCUT2D eigenvalue weighted by Gasteiger charge is 2.30. The lowest BCUT2D eigenvalue weighted by molar-refractivity contribution is -0.402. The van der Waals surface area contributed by atoms with E-state index >= 15 is 0 Å². The first-order valence-electron chi connectivity index (χ1n) is 4.49. The van der Waals surface area contributed by atoms with Crippen molar-refractivity contribution in [1.82, 2.24) is 0 Å². The van der Waals surface area contributed by atoms with E-state index in [1.807, 2.05) is 0 Å². The Bertz CT molecular complexity index is 359. The topological polar surface area (TPSA) is 103 Å². The van der Waals surface area contributed by atoms with Gasteiger partial charge in [0.1, 0.15) is 10.7 Å². The maximum atomic E-state index is 10.4. The van der Waals surface area contributed by atoms with Gasteiger partial charge in [-0.3, -0.25) is 10.1 Å². The van der Waals surface area contributed by atoms with E-state index in [9.17, 15) is 10.1 Å². The Morgan fingerprint density at radius 2 is 2.27 bits per heavy atom. The quantitative estimate of drug-likeness (QED) is 0.579. The molecule has 0 aliphatic carbocycles. The SMILES string of the molecule is CC(C)(CO)[C@@H](N)c1ccc([N+](=O)[O-])o1. The van der Waals surface area contributed by atoms with Crippen molar-refractivity contribution in [2.45, 2.75) is 19.9 Å². The first-order chi connectivity index (χ1) is 6.88. The van der Waals surface area contributed by atoms with Gasteiger partial charge >= 0.3 is 5.88 Å². The molecule has 0 unspecified atom stereocenters. The van der Waals surface area contributed by atoms with Gasteiger partial charge in [-0.15, -0.1) is 0 Å². The Kier molecular flexibility index (Phi) is 3.11. The summed E-state index contributed by atoms with van der Waals surface area (Å²) in [5.74, 6) is -0.0325. The second kappa shape index (κ2) is 4.00. The minimum Gasteiger partial charge on any atom is -0.404 e. The molecule has 0 bridgehead atoms. The number of nitrogens with zero attached hydrogens (tertiary/aromatic N) is 1. The second-order valence-corrected chi connectivity index (χ2v) is 4.06. The fourth-order valence-electron chi connectivity index (χ4n) is 1.09. The van der Waals surface area contributed by atoms with Gasteiger partial charge in [0, 0.05) is 5.41 Å². The van der Waals surface area contributed by atoms with E-state index in [4.69, 9.17) is 15.3 Å². The molecule has 6 heteroatoms. The zero-order chi connectivity index (χ0) is 11.6. The molecule has 1 atom stereocenters. The minimum absolute atomic E-state index is 0.122. The largest absolute Gasteiger partial charge is 0.433 e. The van der Waals surface area contributed by atoms with E-state index in [2.05, 4.69) is 0 Å². The van der Waals surface area contributed by atoms with Crippen LogP contribution in [0, 0.1) is 15.5 Å². The van der Waals surface area contributed by atoms with Crippen molar-refractivity contribution >= 4 is 5.88 Å². The Balaban J connectivity index is 2.92. The second-order valence-electron chi connectivity index (χ2n) is 4.06. The Labute approximate surface area is 86.8 Å². The number of nitrogens with two attached hydrogens (primary N) is 1. The summed E-state index contributed by atoms with van der Waals surface area (Å²) in [6.07, 6.45) is 0. The number of hydrogen-bond acceptors (Lipinski definition) is 5. The van der Waals surface area contributed by atoms with Gasteiger partial charge in [-0.1, -0.05) is 13.8 Å². The van der Waals surface area contributed by atoms with Gasteiger partial charge < -0.3 is 15.3 Å². The molecule has 0 fully saturated rings. The van der Waals surface area contributed by atoms with Crippen LogP contribution >= 0.6 is 0 Å². The molecule has 6 nitrogen and oxygen atoms in total. The molecule has 0 saturated carbocycles. The van der Waals surface area contributed by atoms with E-state index in [1.54, 1.807) is 13.8 Å². The van der Waals surface area contributed by atoms with Crippen molar-refractivity contribution in [3.8, 4) is 0 Å². The molecule has 1 aromatic rings. The van der Waals surface area contributed by atoms with Crippen LogP contribution in [0.1, 0.15) is 25.6 Å². The van der Waals surface area contributed by atoms with Crippen LogP contribution in [0.4, 0.5) is 5.88 Å². The Hall–Kier alpha value is -1.40. The minimum atomic E-state index is -0.623. The van der Waals surface area contributed by atoms with Gasteiger partial charge in [-0.05, 0) is 6.07 Å². The van der Waals surface area contributed by atoms with Crippen molar-refractivity contribution in [3.63, 3.8) is 0 Å². The highest BCUT2D eigenvalue weighted by atomic mass is 16.6. The summed E-state index contributed by atoms with van der Waals surface area (Å²) in [7, 11) is 0.